The van der Waals surface area contributed by atoms with E-state index in [0.29, 0.717) is 29.8 Å². The molecule has 1 aromatic rings. The van der Waals surface area contributed by atoms with Gasteiger partial charge in [-0.05, 0) is 19.1 Å². The van der Waals surface area contributed by atoms with Gasteiger partial charge >= 0.3 is 0 Å². The number of thiocarbonyl (C=S) groups is 1. The lowest BCUT2D eigenvalue weighted by molar-refractivity contribution is 0.204. The molecule has 0 unspecified atom stereocenters. The highest BCUT2D eigenvalue weighted by Crippen LogP contribution is 2.13. The summed E-state index contributed by atoms with van der Waals surface area (Å²) < 4.78 is 6.70. The molecule has 0 saturated heterocycles. The van der Waals surface area contributed by atoms with Gasteiger partial charge in [0, 0.05) is 26.4 Å². The van der Waals surface area contributed by atoms with Crippen LogP contribution in [0.1, 0.15) is 12.6 Å². The number of aryl methyl sites for hydroxylation is 1. The molecule has 0 aliphatic rings. The molecule has 1 rings (SSSR count). The van der Waals surface area contributed by atoms with Crippen molar-refractivity contribution < 1.29 is 4.74 Å². The Morgan fingerprint density at radius 3 is 2.94 bits per heavy atom. The predicted octanol–water partition coefficient (Wildman–Crippen LogP) is 1.17. The fourth-order valence-electron chi connectivity index (χ4n) is 1.21. The summed E-state index contributed by atoms with van der Waals surface area (Å²) in [4.78, 5) is 0. The zero-order valence-electron chi connectivity index (χ0n) is 9.99. The standard InChI is InChI=1S/C10H17ClN4OS/c1-3-15-7-8(11)9(14-15)6-13-10(17)12-4-5-16-2/h7H,3-6H2,1-2H3,(H2,12,13,17). The molecule has 0 fully saturated rings. The van der Waals surface area contributed by atoms with Crippen molar-refractivity contribution in [3.05, 3.63) is 16.9 Å². The minimum Gasteiger partial charge on any atom is -0.383 e. The normalized spacial score (nSPS) is 10.3. The number of ether oxygens (including phenoxy) is 1. The molecular formula is C10H17ClN4OS. The molecule has 0 atom stereocenters. The van der Waals surface area contributed by atoms with Crippen LogP contribution in [-0.2, 0) is 17.8 Å². The Bertz CT molecular complexity index is 369. The van der Waals surface area contributed by atoms with E-state index in [4.69, 9.17) is 28.6 Å². The van der Waals surface area contributed by atoms with Crippen LogP contribution < -0.4 is 10.6 Å². The van der Waals surface area contributed by atoms with Gasteiger partial charge in [0.1, 0.15) is 5.69 Å². The van der Waals surface area contributed by atoms with Crippen LogP contribution in [-0.4, -0.2) is 35.2 Å². The molecule has 0 aliphatic heterocycles. The molecule has 5 nitrogen and oxygen atoms in total. The summed E-state index contributed by atoms with van der Waals surface area (Å²) in [5, 5.41) is 11.6. The first kappa shape index (κ1) is 14.2. The first-order chi connectivity index (χ1) is 8.17. The molecule has 1 aromatic heterocycles. The fourth-order valence-corrected chi connectivity index (χ4v) is 1.60. The Morgan fingerprint density at radius 2 is 2.35 bits per heavy atom. The van der Waals surface area contributed by atoms with Crippen LogP contribution in [0.5, 0.6) is 0 Å². The Hall–Kier alpha value is -0.850. The zero-order chi connectivity index (χ0) is 12.7. The molecule has 0 bridgehead atoms. The van der Waals surface area contributed by atoms with E-state index in [0.717, 1.165) is 12.2 Å². The van der Waals surface area contributed by atoms with Crippen LogP contribution in [0.4, 0.5) is 0 Å². The third-order valence-electron chi connectivity index (χ3n) is 2.12. The third kappa shape index (κ3) is 4.89. The highest BCUT2D eigenvalue weighted by molar-refractivity contribution is 7.80. The maximum atomic E-state index is 6.03. The van der Waals surface area contributed by atoms with Crippen molar-refractivity contribution in [1.29, 1.82) is 0 Å². The molecular weight excluding hydrogens is 260 g/mol. The van der Waals surface area contributed by atoms with Crippen LogP contribution in [0.2, 0.25) is 5.02 Å². The summed E-state index contributed by atoms with van der Waals surface area (Å²) in [5.74, 6) is 0. The zero-order valence-corrected chi connectivity index (χ0v) is 11.6. The minimum atomic E-state index is 0.519. The van der Waals surface area contributed by atoms with Crippen molar-refractivity contribution in [3.8, 4) is 0 Å². The number of nitrogens with one attached hydrogen (secondary N) is 2. The molecule has 0 amide bonds. The van der Waals surface area contributed by atoms with Crippen LogP contribution >= 0.6 is 23.8 Å². The van der Waals surface area contributed by atoms with Gasteiger partial charge in [-0.2, -0.15) is 5.10 Å². The van der Waals surface area contributed by atoms with E-state index in [1.165, 1.54) is 0 Å². The summed E-state index contributed by atoms with van der Waals surface area (Å²) in [5.41, 5.74) is 0.796. The number of halogens is 1. The van der Waals surface area contributed by atoms with E-state index in [9.17, 15) is 0 Å². The number of methoxy groups -OCH3 is 1. The van der Waals surface area contributed by atoms with Gasteiger partial charge in [0.05, 0.1) is 18.2 Å². The van der Waals surface area contributed by atoms with E-state index in [1.54, 1.807) is 18.0 Å². The van der Waals surface area contributed by atoms with Crippen LogP contribution in [0.15, 0.2) is 6.20 Å². The highest BCUT2D eigenvalue weighted by Gasteiger charge is 2.06. The molecule has 17 heavy (non-hydrogen) atoms. The van der Waals surface area contributed by atoms with Crippen molar-refractivity contribution in [3.63, 3.8) is 0 Å². The second kappa shape index (κ2) is 7.47. The molecule has 0 saturated carbocycles. The second-order valence-electron chi connectivity index (χ2n) is 3.38. The van der Waals surface area contributed by atoms with Crippen molar-refractivity contribution in [2.45, 2.75) is 20.0 Å². The van der Waals surface area contributed by atoms with Crippen LogP contribution in [0.3, 0.4) is 0 Å². The lowest BCUT2D eigenvalue weighted by Crippen LogP contribution is -2.36. The molecule has 0 aliphatic carbocycles. The molecule has 1 heterocycles. The quantitative estimate of drug-likeness (QED) is 0.603. The monoisotopic (exact) mass is 276 g/mol. The summed E-state index contributed by atoms with van der Waals surface area (Å²) in [6.45, 7) is 4.63. The largest absolute Gasteiger partial charge is 0.383 e. The molecule has 0 radical (unpaired) electrons. The fraction of sp³-hybridized carbons (Fsp3) is 0.600. The first-order valence-electron chi connectivity index (χ1n) is 5.39. The van der Waals surface area contributed by atoms with E-state index < -0.39 is 0 Å². The second-order valence-corrected chi connectivity index (χ2v) is 4.20. The van der Waals surface area contributed by atoms with Gasteiger partial charge in [0.2, 0.25) is 0 Å². The van der Waals surface area contributed by atoms with Crippen molar-refractivity contribution in [1.82, 2.24) is 20.4 Å². The maximum absolute atomic E-state index is 6.03. The van der Waals surface area contributed by atoms with Crippen molar-refractivity contribution in [2.75, 3.05) is 20.3 Å². The molecule has 96 valence electrons. The molecule has 7 heteroatoms. The molecule has 0 aromatic carbocycles. The number of rotatable bonds is 6. The van der Waals surface area contributed by atoms with E-state index in [-0.39, 0.29) is 0 Å². The van der Waals surface area contributed by atoms with E-state index in [1.807, 2.05) is 6.92 Å². The van der Waals surface area contributed by atoms with Gasteiger partial charge in [0.15, 0.2) is 5.11 Å². The SMILES string of the molecule is CCn1cc(Cl)c(CNC(=S)NCCOC)n1. The minimum absolute atomic E-state index is 0.519. The van der Waals surface area contributed by atoms with Gasteiger partial charge < -0.3 is 15.4 Å². The van der Waals surface area contributed by atoms with E-state index >= 15 is 0 Å². The van der Waals surface area contributed by atoms with Gasteiger partial charge in [-0.1, -0.05) is 11.6 Å². The summed E-state index contributed by atoms with van der Waals surface area (Å²) in [6, 6.07) is 0. The van der Waals surface area contributed by atoms with Crippen LogP contribution in [0, 0.1) is 0 Å². The van der Waals surface area contributed by atoms with Gasteiger partial charge in [0.25, 0.3) is 0 Å². The number of nitrogens with zero attached hydrogens (tertiary/aromatic N) is 2. The Morgan fingerprint density at radius 1 is 1.59 bits per heavy atom. The smallest absolute Gasteiger partial charge is 0.166 e. The number of hydrogen-bond donors (Lipinski definition) is 2. The van der Waals surface area contributed by atoms with Gasteiger partial charge in [-0.15, -0.1) is 0 Å². The van der Waals surface area contributed by atoms with Gasteiger partial charge in [-0.25, -0.2) is 0 Å². The van der Waals surface area contributed by atoms with E-state index in [2.05, 4.69) is 15.7 Å². The molecule has 0 spiro atoms. The summed E-state index contributed by atoms with van der Waals surface area (Å²) in [6.07, 6.45) is 1.81. The summed E-state index contributed by atoms with van der Waals surface area (Å²) >= 11 is 11.1. The summed E-state index contributed by atoms with van der Waals surface area (Å²) in [7, 11) is 1.65. The first-order valence-corrected chi connectivity index (χ1v) is 6.18. The van der Waals surface area contributed by atoms with Gasteiger partial charge in [-0.3, -0.25) is 4.68 Å². The Labute approximate surface area is 111 Å². The third-order valence-corrected chi connectivity index (χ3v) is 2.72. The average Bonchev–Trinajstić information content (AvgIpc) is 2.68. The highest BCUT2D eigenvalue weighted by atomic mass is 35.5. The lowest BCUT2D eigenvalue weighted by Gasteiger charge is -2.08. The van der Waals surface area contributed by atoms with Crippen LogP contribution in [0.25, 0.3) is 0 Å². The Kier molecular flexibility index (Phi) is 6.25. The number of aromatic nitrogens is 2. The van der Waals surface area contributed by atoms with Crippen molar-refractivity contribution in [2.24, 2.45) is 0 Å². The van der Waals surface area contributed by atoms with Crippen molar-refractivity contribution >= 4 is 28.9 Å². The molecule has 2 N–H and O–H groups in total. The average molecular weight is 277 g/mol. The lowest BCUT2D eigenvalue weighted by atomic mass is 10.4. The maximum Gasteiger partial charge on any atom is 0.166 e. The number of hydrogen-bond acceptors (Lipinski definition) is 3. The predicted molar refractivity (Wildman–Crippen MR) is 72.2 cm³/mol. The topological polar surface area (TPSA) is 51.1 Å². The Balaban J connectivity index is 2.34.